The van der Waals surface area contributed by atoms with Gasteiger partial charge in [-0.1, -0.05) is 18.2 Å². The molecule has 1 aromatic rings. The van der Waals surface area contributed by atoms with Gasteiger partial charge in [0.1, 0.15) is 5.82 Å². The number of nitrogens with two attached hydrogens (primary N) is 1. The van der Waals surface area contributed by atoms with Crippen LogP contribution in [-0.4, -0.2) is 29.9 Å². The molecule has 2 rings (SSSR count). The zero-order valence-corrected chi connectivity index (χ0v) is 9.03. The lowest BCUT2D eigenvalue weighted by Crippen LogP contribution is -2.33. The van der Waals surface area contributed by atoms with Gasteiger partial charge in [-0.2, -0.15) is 0 Å². The maximum atomic E-state index is 13.3. The van der Waals surface area contributed by atoms with Gasteiger partial charge >= 0.3 is 0 Å². The van der Waals surface area contributed by atoms with Crippen LogP contribution in [0.2, 0.25) is 0 Å². The first-order chi connectivity index (χ1) is 7.66. The van der Waals surface area contributed by atoms with E-state index in [1.807, 2.05) is 0 Å². The summed E-state index contributed by atoms with van der Waals surface area (Å²) in [5.74, 6) is -0.364. The van der Waals surface area contributed by atoms with Crippen LogP contribution in [0.15, 0.2) is 24.3 Å². The van der Waals surface area contributed by atoms with Gasteiger partial charge in [0.2, 0.25) is 5.91 Å². The first kappa shape index (κ1) is 11.1. The maximum Gasteiger partial charge on any atom is 0.227 e. The molecule has 0 spiro atoms. The summed E-state index contributed by atoms with van der Waals surface area (Å²) < 4.78 is 13.3. The molecule has 3 nitrogen and oxygen atoms in total. The molecule has 16 heavy (non-hydrogen) atoms. The maximum absolute atomic E-state index is 13.3. The van der Waals surface area contributed by atoms with Crippen LogP contribution in [0.4, 0.5) is 4.39 Å². The lowest BCUT2D eigenvalue weighted by molar-refractivity contribution is -0.129. The molecule has 1 atom stereocenters. The summed E-state index contributed by atoms with van der Waals surface area (Å²) >= 11 is 0. The first-order valence-corrected chi connectivity index (χ1v) is 5.43. The molecular formula is C12H15FN2O. The Bertz CT molecular complexity index is 394. The minimum Gasteiger partial charge on any atom is -0.341 e. The monoisotopic (exact) mass is 222 g/mol. The van der Waals surface area contributed by atoms with Gasteiger partial charge in [-0.25, -0.2) is 4.39 Å². The Morgan fingerprint density at radius 1 is 1.50 bits per heavy atom. The van der Waals surface area contributed by atoms with Crippen LogP contribution in [0.5, 0.6) is 0 Å². The van der Waals surface area contributed by atoms with Crippen LogP contribution < -0.4 is 5.73 Å². The van der Waals surface area contributed by atoms with Gasteiger partial charge in [-0.3, -0.25) is 4.79 Å². The highest BCUT2D eigenvalue weighted by Gasteiger charge is 2.23. The quantitative estimate of drug-likeness (QED) is 0.809. The van der Waals surface area contributed by atoms with Gasteiger partial charge in [-0.15, -0.1) is 0 Å². The standard InChI is InChI=1S/C12H15FN2O/c13-11-4-2-1-3-9(11)7-12(16)15-6-5-10(14)8-15/h1-4,10H,5-8,14H2/t10-/m1/s1. The molecule has 4 heteroatoms. The average Bonchev–Trinajstić information content (AvgIpc) is 2.68. The number of hydrogen-bond acceptors (Lipinski definition) is 2. The number of carbonyl (C=O) groups is 1. The molecule has 0 unspecified atom stereocenters. The van der Waals surface area contributed by atoms with E-state index in [2.05, 4.69) is 0 Å². The molecule has 1 saturated heterocycles. The summed E-state index contributed by atoms with van der Waals surface area (Å²) in [5, 5.41) is 0. The van der Waals surface area contributed by atoms with Crippen LogP contribution in [0, 0.1) is 5.82 Å². The van der Waals surface area contributed by atoms with Gasteiger partial charge in [0, 0.05) is 19.1 Å². The fraction of sp³-hybridized carbons (Fsp3) is 0.417. The largest absolute Gasteiger partial charge is 0.341 e. The lowest BCUT2D eigenvalue weighted by atomic mass is 10.1. The number of carbonyl (C=O) groups excluding carboxylic acids is 1. The van der Waals surface area contributed by atoms with Crippen molar-refractivity contribution >= 4 is 5.91 Å². The van der Waals surface area contributed by atoms with Crippen LogP contribution in [0.25, 0.3) is 0 Å². The zero-order valence-electron chi connectivity index (χ0n) is 9.03. The third-order valence-electron chi connectivity index (χ3n) is 2.88. The van der Waals surface area contributed by atoms with E-state index in [4.69, 9.17) is 5.73 Å². The molecule has 1 amide bonds. The number of amides is 1. The third-order valence-corrected chi connectivity index (χ3v) is 2.88. The Kier molecular flexibility index (Phi) is 3.19. The van der Waals surface area contributed by atoms with Crippen molar-refractivity contribution in [3.05, 3.63) is 35.6 Å². The SMILES string of the molecule is N[C@@H]1CCN(C(=O)Cc2ccccc2F)C1. The summed E-state index contributed by atoms with van der Waals surface area (Å²) in [7, 11) is 0. The van der Waals surface area contributed by atoms with E-state index in [1.54, 1.807) is 23.1 Å². The molecule has 0 aromatic heterocycles. The fourth-order valence-corrected chi connectivity index (χ4v) is 1.93. The summed E-state index contributed by atoms with van der Waals surface area (Å²) in [6, 6.07) is 6.45. The van der Waals surface area contributed by atoms with Gasteiger partial charge in [0.25, 0.3) is 0 Å². The second-order valence-electron chi connectivity index (χ2n) is 4.16. The molecule has 0 radical (unpaired) electrons. The van der Waals surface area contributed by atoms with Crippen LogP contribution in [0.1, 0.15) is 12.0 Å². The predicted octanol–water partition coefficient (Wildman–Crippen LogP) is 0.928. The first-order valence-electron chi connectivity index (χ1n) is 5.43. The topological polar surface area (TPSA) is 46.3 Å². The summed E-state index contributed by atoms with van der Waals surface area (Å²) in [5.41, 5.74) is 6.17. The molecule has 1 aliphatic heterocycles. The number of hydrogen-bond donors (Lipinski definition) is 1. The summed E-state index contributed by atoms with van der Waals surface area (Å²) in [4.78, 5) is 13.5. The van der Waals surface area contributed by atoms with Crippen molar-refractivity contribution in [2.75, 3.05) is 13.1 Å². The van der Waals surface area contributed by atoms with E-state index in [0.29, 0.717) is 18.7 Å². The Morgan fingerprint density at radius 3 is 2.88 bits per heavy atom. The Labute approximate surface area is 94.0 Å². The smallest absolute Gasteiger partial charge is 0.227 e. The molecule has 0 aliphatic carbocycles. The number of rotatable bonds is 2. The zero-order chi connectivity index (χ0) is 11.5. The Balaban J connectivity index is 2.00. The normalized spacial score (nSPS) is 20.1. The second kappa shape index (κ2) is 4.61. The molecular weight excluding hydrogens is 207 g/mol. The van der Waals surface area contributed by atoms with E-state index in [-0.39, 0.29) is 24.2 Å². The second-order valence-corrected chi connectivity index (χ2v) is 4.16. The van der Waals surface area contributed by atoms with Gasteiger partial charge in [0.05, 0.1) is 6.42 Å². The van der Waals surface area contributed by atoms with Gasteiger partial charge < -0.3 is 10.6 Å². The fourth-order valence-electron chi connectivity index (χ4n) is 1.93. The summed E-state index contributed by atoms with van der Waals surface area (Å²) in [6.07, 6.45) is 0.961. The number of benzene rings is 1. The van der Waals surface area contributed by atoms with E-state index in [9.17, 15) is 9.18 Å². The van der Waals surface area contributed by atoms with E-state index in [1.165, 1.54) is 6.07 Å². The van der Waals surface area contributed by atoms with Crippen molar-refractivity contribution in [2.24, 2.45) is 5.73 Å². The molecule has 1 heterocycles. The van der Waals surface area contributed by atoms with E-state index >= 15 is 0 Å². The molecule has 0 bridgehead atoms. The van der Waals surface area contributed by atoms with Gasteiger partial charge in [0.15, 0.2) is 0 Å². The highest BCUT2D eigenvalue weighted by atomic mass is 19.1. The molecule has 2 N–H and O–H groups in total. The molecule has 1 fully saturated rings. The van der Waals surface area contributed by atoms with E-state index in [0.717, 1.165) is 6.42 Å². The number of likely N-dealkylation sites (tertiary alicyclic amines) is 1. The molecule has 1 aliphatic rings. The van der Waals surface area contributed by atoms with Gasteiger partial charge in [-0.05, 0) is 18.1 Å². The van der Waals surface area contributed by atoms with Crippen molar-refractivity contribution in [3.8, 4) is 0 Å². The van der Waals surface area contributed by atoms with Crippen molar-refractivity contribution in [1.29, 1.82) is 0 Å². The van der Waals surface area contributed by atoms with Crippen LogP contribution in [-0.2, 0) is 11.2 Å². The highest BCUT2D eigenvalue weighted by Crippen LogP contribution is 2.12. The number of halogens is 1. The van der Waals surface area contributed by atoms with Crippen molar-refractivity contribution < 1.29 is 9.18 Å². The minimum atomic E-state index is -0.320. The predicted molar refractivity (Wildman–Crippen MR) is 59.3 cm³/mol. The third kappa shape index (κ3) is 2.39. The Morgan fingerprint density at radius 2 is 2.25 bits per heavy atom. The molecule has 0 saturated carbocycles. The van der Waals surface area contributed by atoms with Crippen molar-refractivity contribution in [3.63, 3.8) is 0 Å². The number of nitrogens with zero attached hydrogens (tertiary/aromatic N) is 1. The van der Waals surface area contributed by atoms with Crippen molar-refractivity contribution in [2.45, 2.75) is 18.9 Å². The van der Waals surface area contributed by atoms with Crippen molar-refractivity contribution in [1.82, 2.24) is 4.90 Å². The summed E-state index contributed by atoms with van der Waals surface area (Å²) in [6.45, 7) is 1.28. The Hall–Kier alpha value is -1.42. The minimum absolute atomic E-state index is 0.0435. The molecule has 86 valence electrons. The highest BCUT2D eigenvalue weighted by molar-refractivity contribution is 5.79. The average molecular weight is 222 g/mol. The lowest BCUT2D eigenvalue weighted by Gasteiger charge is -2.15. The van der Waals surface area contributed by atoms with Crippen LogP contribution >= 0.6 is 0 Å². The van der Waals surface area contributed by atoms with Crippen LogP contribution in [0.3, 0.4) is 0 Å². The molecule has 1 aromatic carbocycles. The van der Waals surface area contributed by atoms with E-state index < -0.39 is 0 Å².